The minimum atomic E-state index is -1.01. The van der Waals surface area contributed by atoms with Crippen molar-refractivity contribution in [3.05, 3.63) is 41.9 Å². The van der Waals surface area contributed by atoms with Crippen molar-refractivity contribution in [1.29, 1.82) is 0 Å². The molecule has 0 atom stereocenters. The van der Waals surface area contributed by atoms with Gasteiger partial charge in [0.05, 0.1) is 11.8 Å². The van der Waals surface area contributed by atoms with E-state index in [1.807, 2.05) is 0 Å². The number of pyridine rings is 1. The van der Waals surface area contributed by atoms with Crippen molar-refractivity contribution in [2.75, 3.05) is 0 Å². The number of allylic oxidation sites excluding steroid dienone is 2. The van der Waals surface area contributed by atoms with Gasteiger partial charge >= 0.3 is 5.97 Å². The topological polar surface area (TPSA) is 59.4 Å². The van der Waals surface area contributed by atoms with E-state index in [-0.39, 0.29) is 5.56 Å². The Labute approximate surface area is 80.2 Å². The Morgan fingerprint density at radius 3 is 3.07 bits per heavy atom. The minimum absolute atomic E-state index is 0.118. The lowest BCUT2D eigenvalue weighted by Crippen LogP contribution is -1.99. The van der Waals surface area contributed by atoms with Crippen LogP contribution in [0.25, 0.3) is 6.08 Å². The molecule has 0 radical (unpaired) electrons. The molecule has 0 spiro atoms. The van der Waals surface area contributed by atoms with Gasteiger partial charge in [0.15, 0.2) is 5.75 Å². The van der Waals surface area contributed by atoms with E-state index in [0.717, 1.165) is 0 Å². The maximum absolute atomic E-state index is 10.6. The summed E-state index contributed by atoms with van der Waals surface area (Å²) >= 11 is 0. The molecule has 1 aromatic rings. The summed E-state index contributed by atoms with van der Waals surface area (Å²) in [5.74, 6) is -0.559. The molecule has 0 aliphatic carbocycles. The summed E-state index contributed by atoms with van der Waals surface area (Å²) in [5, 5.41) is 8.73. The number of carboxylic acid groups (broad SMARTS) is 1. The van der Waals surface area contributed by atoms with Crippen molar-refractivity contribution < 1.29 is 14.6 Å². The molecule has 2 rings (SSSR count). The van der Waals surface area contributed by atoms with Crippen molar-refractivity contribution in [3.63, 3.8) is 0 Å². The molecule has 0 bridgehead atoms. The van der Waals surface area contributed by atoms with Gasteiger partial charge in [-0.3, -0.25) is 4.98 Å². The molecule has 0 saturated heterocycles. The number of aromatic nitrogens is 1. The minimum Gasteiger partial charge on any atom is -0.478 e. The van der Waals surface area contributed by atoms with E-state index in [1.54, 1.807) is 18.2 Å². The number of rotatable bonds is 1. The summed E-state index contributed by atoms with van der Waals surface area (Å²) in [6, 6.07) is 1.45. The third-order valence-corrected chi connectivity index (χ3v) is 1.77. The summed E-state index contributed by atoms with van der Waals surface area (Å²) in [5.41, 5.74) is 0.743. The highest BCUT2D eigenvalue weighted by molar-refractivity contribution is 5.88. The molecule has 0 unspecified atom stereocenters. The fourth-order valence-corrected chi connectivity index (χ4v) is 1.10. The third kappa shape index (κ3) is 1.50. The SMILES string of the molecule is O=C(O)c1cnc2c(c1)OC=CC=C2. The largest absolute Gasteiger partial charge is 0.478 e. The molecule has 0 saturated carbocycles. The van der Waals surface area contributed by atoms with E-state index in [0.29, 0.717) is 11.4 Å². The molecular formula is C10H7NO3. The van der Waals surface area contributed by atoms with Gasteiger partial charge in [0.2, 0.25) is 0 Å². The number of aromatic carboxylic acids is 1. The first-order chi connectivity index (χ1) is 6.77. The zero-order valence-corrected chi connectivity index (χ0v) is 7.18. The second-order valence-electron chi connectivity index (χ2n) is 2.72. The molecule has 4 nitrogen and oxygen atoms in total. The average Bonchev–Trinajstić information content (AvgIpc) is 2.41. The van der Waals surface area contributed by atoms with Crippen LogP contribution in [-0.4, -0.2) is 16.1 Å². The lowest BCUT2D eigenvalue weighted by atomic mass is 10.2. The number of fused-ring (bicyclic) bond motifs is 1. The summed E-state index contributed by atoms with van der Waals surface area (Å²) in [6.45, 7) is 0. The van der Waals surface area contributed by atoms with E-state index in [1.165, 1.54) is 18.5 Å². The summed E-state index contributed by atoms with van der Waals surface area (Å²) in [7, 11) is 0. The Kier molecular flexibility index (Phi) is 2.02. The summed E-state index contributed by atoms with van der Waals surface area (Å²) in [6.07, 6.45) is 8.03. The molecule has 70 valence electrons. The van der Waals surface area contributed by atoms with Gasteiger partial charge in [0.25, 0.3) is 0 Å². The first-order valence-electron chi connectivity index (χ1n) is 4.00. The molecule has 0 fully saturated rings. The maximum Gasteiger partial charge on any atom is 0.337 e. The van der Waals surface area contributed by atoms with Gasteiger partial charge in [-0.25, -0.2) is 4.79 Å². The molecule has 2 heterocycles. The van der Waals surface area contributed by atoms with Gasteiger partial charge in [-0.1, -0.05) is 6.08 Å². The van der Waals surface area contributed by atoms with E-state index < -0.39 is 5.97 Å². The van der Waals surface area contributed by atoms with Crippen molar-refractivity contribution >= 4 is 12.0 Å². The Morgan fingerprint density at radius 1 is 1.43 bits per heavy atom. The zero-order valence-electron chi connectivity index (χ0n) is 7.18. The quantitative estimate of drug-likeness (QED) is 0.730. The van der Waals surface area contributed by atoms with Gasteiger partial charge in [-0.15, -0.1) is 0 Å². The Bertz CT molecular complexity index is 435. The van der Waals surface area contributed by atoms with Crippen LogP contribution in [0.4, 0.5) is 0 Å². The van der Waals surface area contributed by atoms with Gasteiger partial charge in [-0.2, -0.15) is 0 Å². The molecule has 0 amide bonds. The molecule has 1 aliphatic rings. The number of nitrogens with zero attached hydrogens (tertiary/aromatic N) is 1. The molecule has 1 aromatic heterocycles. The standard InChI is InChI=1S/C10H7NO3/c12-10(13)7-5-9-8(11-6-7)3-1-2-4-14-9/h1-6H,(H,12,13). The van der Waals surface area contributed by atoms with Crippen LogP contribution in [0.3, 0.4) is 0 Å². The Hall–Kier alpha value is -2.10. The second-order valence-corrected chi connectivity index (χ2v) is 2.72. The lowest BCUT2D eigenvalue weighted by molar-refractivity contribution is 0.0696. The van der Waals surface area contributed by atoms with Crippen LogP contribution in [0.15, 0.2) is 30.7 Å². The highest BCUT2D eigenvalue weighted by atomic mass is 16.5. The van der Waals surface area contributed by atoms with Crippen LogP contribution in [0, 0.1) is 0 Å². The van der Waals surface area contributed by atoms with Crippen molar-refractivity contribution in [2.45, 2.75) is 0 Å². The lowest BCUT2D eigenvalue weighted by Gasteiger charge is -2.03. The maximum atomic E-state index is 10.6. The van der Waals surface area contributed by atoms with Crippen LogP contribution in [0.2, 0.25) is 0 Å². The van der Waals surface area contributed by atoms with Gasteiger partial charge in [0.1, 0.15) is 5.69 Å². The number of ether oxygens (including phenoxy) is 1. The van der Waals surface area contributed by atoms with Gasteiger partial charge in [-0.05, 0) is 18.2 Å². The van der Waals surface area contributed by atoms with Crippen LogP contribution < -0.4 is 4.74 Å². The molecule has 0 aromatic carbocycles. The van der Waals surface area contributed by atoms with E-state index in [4.69, 9.17) is 9.84 Å². The van der Waals surface area contributed by atoms with Crippen LogP contribution in [0.1, 0.15) is 16.1 Å². The van der Waals surface area contributed by atoms with Crippen LogP contribution >= 0.6 is 0 Å². The molecular weight excluding hydrogens is 182 g/mol. The zero-order chi connectivity index (χ0) is 9.97. The average molecular weight is 189 g/mol. The van der Waals surface area contributed by atoms with Crippen molar-refractivity contribution in [2.24, 2.45) is 0 Å². The highest BCUT2D eigenvalue weighted by Crippen LogP contribution is 2.21. The van der Waals surface area contributed by atoms with E-state index in [2.05, 4.69) is 4.98 Å². The Morgan fingerprint density at radius 2 is 2.29 bits per heavy atom. The van der Waals surface area contributed by atoms with Crippen LogP contribution in [0.5, 0.6) is 5.75 Å². The number of carbonyl (C=O) groups is 1. The fraction of sp³-hybridized carbons (Fsp3) is 0. The normalized spacial score (nSPS) is 12.9. The fourth-order valence-electron chi connectivity index (χ4n) is 1.10. The molecule has 14 heavy (non-hydrogen) atoms. The van der Waals surface area contributed by atoms with E-state index >= 15 is 0 Å². The second kappa shape index (κ2) is 3.33. The first-order valence-corrected chi connectivity index (χ1v) is 4.00. The predicted molar refractivity (Wildman–Crippen MR) is 50.0 cm³/mol. The van der Waals surface area contributed by atoms with Crippen molar-refractivity contribution in [1.82, 2.24) is 4.98 Å². The van der Waals surface area contributed by atoms with Gasteiger partial charge in [0, 0.05) is 6.20 Å². The molecule has 1 N–H and O–H groups in total. The number of hydrogen-bond acceptors (Lipinski definition) is 3. The third-order valence-electron chi connectivity index (χ3n) is 1.77. The number of hydrogen-bond donors (Lipinski definition) is 1. The highest BCUT2D eigenvalue weighted by Gasteiger charge is 2.09. The molecule has 4 heteroatoms. The monoisotopic (exact) mass is 189 g/mol. The first kappa shape index (κ1) is 8.50. The Balaban J connectivity index is 2.49. The smallest absolute Gasteiger partial charge is 0.337 e. The van der Waals surface area contributed by atoms with Crippen LogP contribution in [-0.2, 0) is 0 Å². The molecule has 1 aliphatic heterocycles. The van der Waals surface area contributed by atoms with E-state index in [9.17, 15) is 4.79 Å². The summed E-state index contributed by atoms with van der Waals surface area (Å²) in [4.78, 5) is 14.6. The van der Waals surface area contributed by atoms with Gasteiger partial charge < -0.3 is 9.84 Å². The number of carboxylic acids is 1. The predicted octanol–water partition coefficient (Wildman–Crippen LogP) is 1.70. The summed E-state index contributed by atoms with van der Waals surface area (Å²) < 4.78 is 5.17. The van der Waals surface area contributed by atoms with Crippen molar-refractivity contribution in [3.8, 4) is 5.75 Å².